The summed E-state index contributed by atoms with van der Waals surface area (Å²) in [7, 11) is 0. The molecule has 3 rings (SSSR count). The van der Waals surface area contributed by atoms with Gasteiger partial charge in [-0.1, -0.05) is 28.1 Å². The Hall–Kier alpha value is -0.660. The zero-order chi connectivity index (χ0) is 17.0. The SMILES string of the molecule is Cl.NC[C@H]1CC[C@@H](C(=O)NCC2(c3ccc(Br)cc3)CCOCC2)O1. The highest BCUT2D eigenvalue weighted by Gasteiger charge is 2.36. The quantitative estimate of drug-likeness (QED) is 0.748. The largest absolute Gasteiger partial charge is 0.381 e. The second-order valence-electron chi connectivity index (χ2n) is 6.68. The van der Waals surface area contributed by atoms with Gasteiger partial charge in [0.2, 0.25) is 5.91 Å². The molecule has 0 spiro atoms. The molecule has 0 aromatic heterocycles. The van der Waals surface area contributed by atoms with E-state index in [-0.39, 0.29) is 35.9 Å². The smallest absolute Gasteiger partial charge is 0.249 e. The van der Waals surface area contributed by atoms with E-state index in [0.29, 0.717) is 13.1 Å². The molecule has 1 aromatic carbocycles. The summed E-state index contributed by atoms with van der Waals surface area (Å²) in [6.07, 6.45) is 3.09. The highest BCUT2D eigenvalue weighted by atomic mass is 79.9. The summed E-state index contributed by atoms with van der Waals surface area (Å²) >= 11 is 3.49. The van der Waals surface area contributed by atoms with Crippen molar-refractivity contribution in [2.75, 3.05) is 26.3 Å². The van der Waals surface area contributed by atoms with Gasteiger partial charge >= 0.3 is 0 Å². The number of nitrogens with one attached hydrogen (secondary N) is 1. The van der Waals surface area contributed by atoms with Crippen molar-refractivity contribution >= 4 is 34.2 Å². The molecule has 0 radical (unpaired) electrons. The average Bonchev–Trinajstić information content (AvgIpc) is 3.10. The first kappa shape index (κ1) is 20.6. The molecular weight excluding hydrogens is 408 g/mol. The van der Waals surface area contributed by atoms with Gasteiger partial charge in [-0.2, -0.15) is 0 Å². The van der Waals surface area contributed by atoms with Gasteiger partial charge in [-0.3, -0.25) is 4.79 Å². The van der Waals surface area contributed by atoms with Crippen LogP contribution in [-0.4, -0.2) is 44.4 Å². The standard InChI is InChI=1S/C18H25BrN2O3.ClH/c19-14-3-1-13(2-4-14)18(7-9-23-10-8-18)12-21-17(22)16-6-5-15(11-20)24-16;/h1-4,15-16H,5-12,20H2,(H,21,22);1H/t15-,16+;/m1./s1. The lowest BCUT2D eigenvalue weighted by molar-refractivity contribution is -0.132. The van der Waals surface area contributed by atoms with Gasteiger partial charge in [0.05, 0.1) is 6.10 Å². The van der Waals surface area contributed by atoms with Crippen molar-refractivity contribution in [1.29, 1.82) is 0 Å². The highest BCUT2D eigenvalue weighted by Crippen LogP contribution is 2.35. The molecule has 7 heteroatoms. The van der Waals surface area contributed by atoms with E-state index >= 15 is 0 Å². The molecule has 2 saturated heterocycles. The molecule has 3 N–H and O–H groups in total. The van der Waals surface area contributed by atoms with E-state index < -0.39 is 0 Å². The first-order valence-corrected chi connectivity index (χ1v) is 9.39. The maximum Gasteiger partial charge on any atom is 0.249 e. The zero-order valence-electron chi connectivity index (χ0n) is 14.2. The van der Waals surface area contributed by atoms with Crippen LogP contribution in [0, 0.1) is 0 Å². The molecule has 0 unspecified atom stereocenters. The van der Waals surface area contributed by atoms with Crippen LogP contribution in [0.25, 0.3) is 0 Å². The van der Waals surface area contributed by atoms with Gasteiger partial charge in [0, 0.05) is 36.2 Å². The van der Waals surface area contributed by atoms with E-state index in [4.69, 9.17) is 15.2 Å². The van der Waals surface area contributed by atoms with Crippen LogP contribution in [-0.2, 0) is 19.7 Å². The minimum atomic E-state index is -0.361. The molecular formula is C18H26BrClN2O3. The fourth-order valence-corrected chi connectivity index (χ4v) is 3.84. The van der Waals surface area contributed by atoms with Gasteiger partial charge in [-0.25, -0.2) is 0 Å². The zero-order valence-corrected chi connectivity index (χ0v) is 16.6. The number of amides is 1. The van der Waals surface area contributed by atoms with Gasteiger partial charge < -0.3 is 20.5 Å². The predicted octanol–water partition coefficient (Wildman–Crippen LogP) is 2.54. The third kappa shape index (κ3) is 4.95. The molecule has 0 saturated carbocycles. The summed E-state index contributed by atoms with van der Waals surface area (Å²) in [5.41, 5.74) is 6.80. The molecule has 25 heavy (non-hydrogen) atoms. The van der Waals surface area contributed by atoms with Crippen LogP contribution in [0.15, 0.2) is 28.7 Å². The van der Waals surface area contributed by atoms with E-state index in [0.717, 1.165) is 43.4 Å². The van der Waals surface area contributed by atoms with Crippen molar-refractivity contribution in [2.24, 2.45) is 5.73 Å². The van der Waals surface area contributed by atoms with Crippen LogP contribution in [0.2, 0.25) is 0 Å². The lowest BCUT2D eigenvalue weighted by Gasteiger charge is -2.38. The van der Waals surface area contributed by atoms with Crippen molar-refractivity contribution in [2.45, 2.75) is 43.3 Å². The number of carbonyl (C=O) groups excluding carboxylic acids is 1. The Balaban J connectivity index is 0.00000225. The molecule has 1 aromatic rings. The summed E-state index contributed by atoms with van der Waals surface area (Å²) in [5.74, 6) is -0.0195. The van der Waals surface area contributed by atoms with Crippen molar-refractivity contribution in [3.8, 4) is 0 Å². The molecule has 2 aliphatic heterocycles. The number of carbonyl (C=O) groups is 1. The number of benzene rings is 1. The second-order valence-corrected chi connectivity index (χ2v) is 7.59. The fraction of sp³-hybridized carbons (Fsp3) is 0.611. The summed E-state index contributed by atoms with van der Waals surface area (Å²) in [5, 5.41) is 3.12. The Morgan fingerprint density at radius 3 is 2.52 bits per heavy atom. The summed E-state index contributed by atoms with van der Waals surface area (Å²) < 4.78 is 12.3. The number of hydrogen-bond donors (Lipinski definition) is 2. The second kappa shape index (κ2) is 9.33. The first-order chi connectivity index (χ1) is 11.6. The molecule has 0 aliphatic carbocycles. The van der Waals surface area contributed by atoms with E-state index in [1.165, 1.54) is 5.56 Å². The van der Waals surface area contributed by atoms with Crippen LogP contribution in [0.1, 0.15) is 31.2 Å². The normalized spacial score (nSPS) is 25.2. The van der Waals surface area contributed by atoms with Crippen LogP contribution in [0.5, 0.6) is 0 Å². The summed E-state index contributed by atoms with van der Waals surface area (Å²) in [6.45, 7) is 2.54. The maximum absolute atomic E-state index is 12.5. The Morgan fingerprint density at radius 2 is 1.92 bits per heavy atom. The van der Waals surface area contributed by atoms with Crippen molar-refractivity contribution < 1.29 is 14.3 Å². The Kier molecular flexibility index (Phi) is 7.70. The number of rotatable bonds is 5. The van der Waals surface area contributed by atoms with Crippen molar-refractivity contribution in [3.63, 3.8) is 0 Å². The molecule has 2 heterocycles. The van der Waals surface area contributed by atoms with Crippen molar-refractivity contribution in [1.82, 2.24) is 5.32 Å². The molecule has 140 valence electrons. The fourth-order valence-electron chi connectivity index (χ4n) is 3.58. The predicted molar refractivity (Wildman–Crippen MR) is 103 cm³/mol. The molecule has 0 bridgehead atoms. The van der Waals surface area contributed by atoms with E-state index in [2.05, 4.69) is 45.5 Å². The monoisotopic (exact) mass is 432 g/mol. The maximum atomic E-state index is 12.5. The Bertz CT molecular complexity index is 564. The van der Waals surface area contributed by atoms with Gasteiger partial charge in [0.15, 0.2) is 0 Å². The Morgan fingerprint density at radius 1 is 1.24 bits per heavy atom. The van der Waals surface area contributed by atoms with E-state index in [9.17, 15) is 4.79 Å². The third-order valence-corrected chi connectivity index (χ3v) is 5.70. The van der Waals surface area contributed by atoms with Crippen LogP contribution >= 0.6 is 28.3 Å². The van der Waals surface area contributed by atoms with Gasteiger partial charge in [-0.15, -0.1) is 12.4 Å². The first-order valence-electron chi connectivity index (χ1n) is 8.60. The van der Waals surface area contributed by atoms with E-state index in [1.807, 2.05) is 0 Å². The molecule has 2 fully saturated rings. The van der Waals surface area contributed by atoms with Crippen LogP contribution < -0.4 is 11.1 Å². The van der Waals surface area contributed by atoms with Gasteiger partial charge in [-0.05, 0) is 43.4 Å². The molecule has 1 amide bonds. The number of ether oxygens (including phenoxy) is 2. The third-order valence-electron chi connectivity index (χ3n) is 5.17. The lowest BCUT2D eigenvalue weighted by atomic mass is 9.74. The van der Waals surface area contributed by atoms with E-state index in [1.54, 1.807) is 0 Å². The molecule has 2 atom stereocenters. The van der Waals surface area contributed by atoms with Crippen LogP contribution in [0.4, 0.5) is 0 Å². The minimum Gasteiger partial charge on any atom is -0.381 e. The highest BCUT2D eigenvalue weighted by molar-refractivity contribution is 9.10. The summed E-state index contributed by atoms with van der Waals surface area (Å²) in [4.78, 5) is 12.5. The van der Waals surface area contributed by atoms with Crippen molar-refractivity contribution in [3.05, 3.63) is 34.3 Å². The van der Waals surface area contributed by atoms with Gasteiger partial charge in [0.1, 0.15) is 6.10 Å². The minimum absolute atomic E-state index is 0. The average molecular weight is 434 g/mol. The summed E-state index contributed by atoms with van der Waals surface area (Å²) in [6, 6.07) is 8.39. The topological polar surface area (TPSA) is 73.6 Å². The number of halogens is 2. The lowest BCUT2D eigenvalue weighted by Crippen LogP contribution is -2.47. The molecule has 5 nitrogen and oxygen atoms in total. The van der Waals surface area contributed by atoms with Crippen LogP contribution in [0.3, 0.4) is 0 Å². The molecule has 2 aliphatic rings. The number of nitrogens with two attached hydrogens (primary N) is 1. The Labute approximate surface area is 163 Å². The number of hydrogen-bond acceptors (Lipinski definition) is 4. The van der Waals surface area contributed by atoms with Gasteiger partial charge in [0.25, 0.3) is 0 Å².